The Balaban J connectivity index is 2.23. The van der Waals surface area contributed by atoms with Crippen LogP contribution in [0.4, 0.5) is 10.5 Å². The van der Waals surface area contributed by atoms with Crippen LogP contribution in [-0.2, 0) is 11.2 Å². The summed E-state index contributed by atoms with van der Waals surface area (Å²) in [6, 6.07) is 7.41. The predicted molar refractivity (Wildman–Crippen MR) is 75.6 cm³/mol. The quantitative estimate of drug-likeness (QED) is 0.804. The number of nitrogens with zero attached hydrogens (tertiary/aromatic N) is 1. The van der Waals surface area contributed by atoms with Crippen molar-refractivity contribution in [2.45, 2.75) is 38.1 Å². The zero-order valence-electron chi connectivity index (χ0n) is 11.0. The molecule has 0 spiro atoms. The summed E-state index contributed by atoms with van der Waals surface area (Å²) in [5, 5.41) is 1.61. The first-order valence-electron chi connectivity index (χ1n) is 6.36. The van der Waals surface area contributed by atoms with E-state index in [2.05, 4.69) is 5.32 Å². The number of fused-ring (bicyclic) bond motifs is 1. The third-order valence-corrected chi connectivity index (χ3v) is 3.53. The Hall–Kier alpha value is -1.55. The highest BCUT2D eigenvalue weighted by Crippen LogP contribution is 2.30. The summed E-state index contributed by atoms with van der Waals surface area (Å²) >= 11 is 5.67. The van der Waals surface area contributed by atoms with Crippen molar-refractivity contribution in [1.82, 2.24) is 5.32 Å². The monoisotopic (exact) mass is 280 g/mol. The SMILES string of the molecule is CC(Cl)C(=O)NC(=O)N1c2ccccc2CCC1C. The Morgan fingerprint density at radius 1 is 1.42 bits per heavy atom. The Labute approximate surface area is 117 Å². The molecule has 0 aromatic heterocycles. The van der Waals surface area contributed by atoms with Crippen LogP contribution in [0, 0.1) is 0 Å². The molecule has 1 aliphatic rings. The van der Waals surface area contributed by atoms with E-state index in [4.69, 9.17) is 11.6 Å². The molecule has 0 radical (unpaired) electrons. The van der Waals surface area contributed by atoms with E-state index in [0.717, 1.165) is 24.1 Å². The number of hydrogen-bond acceptors (Lipinski definition) is 2. The third-order valence-electron chi connectivity index (χ3n) is 3.33. The van der Waals surface area contributed by atoms with Crippen molar-refractivity contribution in [2.75, 3.05) is 4.90 Å². The Morgan fingerprint density at radius 2 is 2.11 bits per heavy atom. The topological polar surface area (TPSA) is 49.4 Å². The van der Waals surface area contributed by atoms with E-state index in [1.165, 1.54) is 6.92 Å². The molecule has 2 atom stereocenters. The van der Waals surface area contributed by atoms with Gasteiger partial charge in [-0.15, -0.1) is 11.6 Å². The molecule has 2 unspecified atom stereocenters. The summed E-state index contributed by atoms with van der Waals surface area (Å²) < 4.78 is 0. The fraction of sp³-hybridized carbons (Fsp3) is 0.429. The highest BCUT2D eigenvalue weighted by molar-refractivity contribution is 6.31. The molecule has 0 aliphatic carbocycles. The standard InChI is InChI=1S/C14H17ClN2O2/c1-9-7-8-11-5-3-4-6-12(11)17(9)14(19)16-13(18)10(2)15/h3-6,9-10H,7-8H2,1-2H3,(H,16,18,19). The molecule has 0 fully saturated rings. The first kappa shape index (κ1) is 13.9. The van der Waals surface area contributed by atoms with E-state index in [1.807, 2.05) is 31.2 Å². The molecule has 0 saturated heterocycles. The van der Waals surface area contributed by atoms with Crippen LogP contribution in [0.25, 0.3) is 0 Å². The molecule has 0 saturated carbocycles. The number of halogens is 1. The maximum atomic E-state index is 12.2. The van der Waals surface area contributed by atoms with Gasteiger partial charge in [-0.25, -0.2) is 4.79 Å². The van der Waals surface area contributed by atoms with Crippen molar-refractivity contribution in [3.8, 4) is 0 Å². The van der Waals surface area contributed by atoms with Crippen LogP contribution in [0.3, 0.4) is 0 Å². The minimum atomic E-state index is -0.723. The van der Waals surface area contributed by atoms with E-state index >= 15 is 0 Å². The van der Waals surface area contributed by atoms with Crippen LogP contribution >= 0.6 is 11.6 Å². The number of alkyl halides is 1. The van der Waals surface area contributed by atoms with E-state index in [9.17, 15) is 9.59 Å². The average molecular weight is 281 g/mol. The minimum absolute atomic E-state index is 0.0633. The lowest BCUT2D eigenvalue weighted by atomic mass is 9.97. The van der Waals surface area contributed by atoms with Gasteiger partial charge in [0, 0.05) is 11.7 Å². The number of imide groups is 1. The van der Waals surface area contributed by atoms with Crippen LogP contribution in [0.15, 0.2) is 24.3 Å². The van der Waals surface area contributed by atoms with Gasteiger partial charge in [0.2, 0.25) is 5.91 Å². The van der Waals surface area contributed by atoms with Gasteiger partial charge in [0.05, 0.1) is 0 Å². The van der Waals surface area contributed by atoms with Crippen molar-refractivity contribution >= 4 is 29.2 Å². The van der Waals surface area contributed by atoms with Gasteiger partial charge in [-0.1, -0.05) is 18.2 Å². The van der Waals surface area contributed by atoms with E-state index in [0.29, 0.717) is 0 Å². The molecule has 1 aromatic rings. The average Bonchev–Trinajstić information content (AvgIpc) is 2.38. The second kappa shape index (κ2) is 5.61. The molecule has 1 aromatic carbocycles. The van der Waals surface area contributed by atoms with Crippen LogP contribution < -0.4 is 10.2 Å². The number of hydrogen-bond donors (Lipinski definition) is 1. The molecule has 1 heterocycles. The lowest BCUT2D eigenvalue weighted by molar-refractivity contribution is -0.119. The summed E-state index contributed by atoms with van der Waals surface area (Å²) in [6.45, 7) is 3.52. The van der Waals surface area contributed by atoms with Crippen LogP contribution in [0.2, 0.25) is 0 Å². The highest BCUT2D eigenvalue weighted by atomic mass is 35.5. The lowest BCUT2D eigenvalue weighted by Gasteiger charge is -2.35. The number of urea groups is 1. The number of carbonyl (C=O) groups is 2. The fourth-order valence-electron chi connectivity index (χ4n) is 2.26. The number of aryl methyl sites for hydroxylation is 1. The van der Waals surface area contributed by atoms with Crippen LogP contribution in [0.1, 0.15) is 25.8 Å². The number of benzene rings is 1. The Kier molecular flexibility index (Phi) is 4.10. The molecule has 4 nitrogen and oxygen atoms in total. The molecule has 19 heavy (non-hydrogen) atoms. The first-order valence-corrected chi connectivity index (χ1v) is 6.80. The van der Waals surface area contributed by atoms with Gasteiger partial charge < -0.3 is 0 Å². The number of nitrogens with one attached hydrogen (secondary N) is 1. The maximum absolute atomic E-state index is 12.2. The van der Waals surface area contributed by atoms with Gasteiger partial charge in [-0.05, 0) is 38.3 Å². The lowest BCUT2D eigenvalue weighted by Crippen LogP contribution is -2.50. The molecule has 0 bridgehead atoms. The molecular formula is C14H17ClN2O2. The van der Waals surface area contributed by atoms with Gasteiger partial charge in [0.1, 0.15) is 5.38 Å². The third kappa shape index (κ3) is 2.89. The minimum Gasteiger partial charge on any atom is -0.291 e. The van der Waals surface area contributed by atoms with Gasteiger partial charge >= 0.3 is 6.03 Å². The molecule has 2 rings (SSSR count). The summed E-state index contributed by atoms with van der Waals surface area (Å²) in [6.07, 6.45) is 1.83. The molecule has 1 N–H and O–H groups in total. The smallest absolute Gasteiger partial charge is 0.291 e. The van der Waals surface area contributed by atoms with E-state index < -0.39 is 17.3 Å². The maximum Gasteiger partial charge on any atom is 0.328 e. The van der Waals surface area contributed by atoms with Crippen LogP contribution in [-0.4, -0.2) is 23.4 Å². The highest BCUT2D eigenvalue weighted by Gasteiger charge is 2.29. The molecule has 5 heteroatoms. The Bertz CT molecular complexity index is 502. The first-order chi connectivity index (χ1) is 9.00. The van der Waals surface area contributed by atoms with Crippen LogP contribution in [0.5, 0.6) is 0 Å². The largest absolute Gasteiger partial charge is 0.328 e. The van der Waals surface area contributed by atoms with Crippen molar-refractivity contribution in [3.05, 3.63) is 29.8 Å². The normalized spacial score (nSPS) is 19.5. The number of amides is 3. The number of carbonyl (C=O) groups excluding carboxylic acids is 2. The molecule has 3 amide bonds. The predicted octanol–water partition coefficient (Wildman–Crippen LogP) is 2.69. The Morgan fingerprint density at radius 3 is 2.79 bits per heavy atom. The number of anilines is 1. The summed E-state index contributed by atoms with van der Waals surface area (Å²) in [5.74, 6) is -0.470. The fourth-order valence-corrected chi connectivity index (χ4v) is 2.32. The van der Waals surface area contributed by atoms with Gasteiger partial charge in [0.25, 0.3) is 0 Å². The summed E-state index contributed by atoms with van der Waals surface area (Å²) in [4.78, 5) is 25.4. The molecule has 102 valence electrons. The second-order valence-corrected chi connectivity index (χ2v) is 5.45. The van der Waals surface area contributed by atoms with Gasteiger partial charge in [-0.2, -0.15) is 0 Å². The van der Waals surface area contributed by atoms with E-state index in [1.54, 1.807) is 4.90 Å². The van der Waals surface area contributed by atoms with Crippen molar-refractivity contribution in [3.63, 3.8) is 0 Å². The van der Waals surface area contributed by atoms with Gasteiger partial charge in [-0.3, -0.25) is 15.0 Å². The number of para-hydroxylation sites is 1. The van der Waals surface area contributed by atoms with Crippen molar-refractivity contribution in [1.29, 1.82) is 0 Å². The molecule has 1 aliphatic heterocycles. The zero-order valence-corrected chi connectivity index (χ0v) is 11.8. The van der Waals surface area contributed by atoms with Crippen molar-refractivity contribution < 1.29 is 9.59 Å². The number of rotatable bonds is 1. The molecular weight excluding hydrogens is 264 g/mol. The zero-order chi connectivity index (χ0) is 14.0. The van der Waals surface area contributed by atoms with E-state index in [-0.39, 0.29) is 6.04 Å². The van der Waals surface area contributed by atoms with Crippen molar-refractivity contribution in [2.24, 2.45) is 0 Å². The second-order valence-electron chi connectivity index (χ2n) is 4.80. The van der Waals surface area contributed by atoms with Gasteiger partial charge in [0.15, 0.2) is 0 Å². The summed E-state index contributed by atoms with van der Waals surface area (Å²) in [7, 11) is 0. The summed E-state index contributed by atoms with van der Waals surface area (Å²) in [5.41, 5.74) is 2.00.